The zero-order valence-electron chi connectivity index (χ0n) is 13.6. The molecule has 0 heterocycles. The standard InChI is InChI=1S/C17H27NO3/c1-5-18-17(12-8-6-7-9-12)13-10-15(20-3)16(21-4)11-14(13)19-2/h10-12,17-18H,5-9H2,1-4H3. The van der Waals surface area contributed by atoms with Crippen molar-refractivity contribution >= 4 is 0 Å². The van der Waals surface area contributed by atoms with Crippen LogP contribution >= 0.6 is 0 Å². The molecular weight excluding hydrogens is 266 g/mol. The van der Waals surface area contributed by atoms with Crippen LogP contribution in [0.1, 0.15) is 44.2 Å². The topological polar surface area (TPSA) is 39.7 Å². The molecule has 1 aromatic rings. The van der Waals surface area contributed by atoms with E-state index in [0.29, 0.717) is 17.7 Å². The number of benzene rings is 1. The molecular formula is C17H27NO3. The lowest BCUT2D eigenvalue weighted by molar-refractivity contribution is 0.331. The fraction of sp³-hybridized carbons (Fsp3) is 0.647. The van der Waals surface area contributed by atoms with Gasteiger partial charge in [-0.3, -0.25) is 0 Å². The molecule has 1 unspecified atom stereocenters. The maximum atomic E-state index is 5.60. The van der Waals surface area contributed by atoms with Gasteiger partial charge in [-0.05, 0) is 31.4 Å². The van der Waals surface area contributed by atoms with Crippen molar-refractivity contribution < 1.29 is 14.2 Å². The van der Waals surface area contributed by atoms with Gasteiger partial charge in [0.15, 0.2) is 11.5 Å². The van der Waals surface area contributed by atoms with Gasteiger partial charge in [-0.2, -0.15) is 0 Å². The second-order valence-corrected chi connectivity index (χ2v) is 5.53. The lowest BCUT2D eigenvalue weighted by atomic mass is 9.90. The molecule has 21 heavy (non-hydrogen) atoms. The van der Waals surface area contributed by atoms with Crippen LogP contribution in [-0.2, 0) is 0 Å². The zero-order chi connectivity index (χ0) is 15.2. The van der Waals surface area contributed by atoms with Crippen LogP contribution in [0.3, 0.4) is 0 Å². The minimum Gasteiger partial charge on any atom is -0.496 e. The van der Waals surface area contributed by atoms with Crippen molar-refractivity contribution in [1.29, 1.82) is 0 Å². The molecule has 1 aliphatic rings. The third-order valence-corrected chi connectivity index (χ3v) is 4.37. The normalized spacial score (nSPS) is 16.8. The summed E-state index contributed by atoms with van der Waals surface area (Å²) < 4.78 is 16.4. The summed E-state index contributed by atoms with van der Waals surface area (Å²) in [7, 11) is 5.03. The first-order valence-corrected chi connectivity index (χ1v) is 7.78. The largest absolute Gasteiger partial charge is 0.496 e. The van der Waals surface area contributed by atoms with Crippen molar-refractivity contribution in [2.75, 3.05) is 27.9 Å². The Hall–Kier alpha value is -1.42. The van der Waals surface area contributed by atoms with Gasteiger partial charge in [0.2, 0.25) is 0 Å². The van der Waals surface area contributed by atoms with Gasteiger partial charge in [-0.15, -0.1) is 0 Å². The quantitative estimate of drug-likeness (QED) is 0.834. The van der Waals surface area contributed by atoms with E-state index in [1.165, 1.54) is 31.2 Å². The van der Waals surface area contributed by atoms with Crippen molar-refractivity contribution in [1.82, 2.24) is 5.32 Å². The van der Waals surface area contributed by atoms with Crippen LogP contribution < -0.4 is 19.5 Å². The van der Waals surface area contributed by atoms with Crippen LogP contribution in [0, 0.1) is 5.92 Å². The molecule has 4 heteroatoms. The van der Waals surface area contributed by atoms with Crippen molar-refractivity contribution in [3.63, 3.8) is 0 Å². The van der Waals surface area contributed by atoms with Gasteiger partial charge in [-0.1, -0.05) is 19.8 Å². The molecule has 0 aliphatic heterocycles. The summed E-state index contributed by atoms with van der Waals surface area (Å²) in [6.45, 7) is 3.09. The molecule has 2 rings (SSSR count). The maximum Gasteiger partial charge on any atom is 0.164 e. The summed E-state index contributed by atoms with van der Waals surface area (Å²) in [5.41, 5.74) is 1.17. The smallest absolute Gasteiger partial charge is 0.164 e. The summed E-state index contributed by atoms with van der Waals surface area (Å²) in [5, 5.41) is 3.63. The Balaban J connectivity index is 2.41. The van der Waals surface area contributed by atoms with Crippen molar-refractivity contribution in [3.8, 4) is 17.2 Å². The second-order valence-electron chi connectivity index (χ2n) is 5.53. The maximum absolute atomic E-state index is 5.60. The molecule has 4 nitrogen and oxygen atoms in total. The minimum absolute atomic E-state index is 0.312. The lowest BCUT2D eigenvalue weighted by Crippen LogP contribution is -2.27. The molecule has 1 atom stereocenters. The number of rotatable bonds is 7. The Morgan fingerprint density at radius 1 is 1.00 bits per heavy atom. The third kappa shape index (κ3) is 3.43. The molecule has 0 radical (unpaired) electrons. The molecule has 0 spiro atoms. The lowest BCUT2D eigenvalue weighted by Gasteiger charge is -2.27. The summed E-state index contributed by atoms with van der Waals surface area (Å²) in [6, 6.07) is 4.30. The first kappa shape index (κ1) is 16.0. The van der Waals surface area contributed by atoms with E-state index in [1.54, 1.807) is 21.3 Å². The fourth-order valence-corrected chi connectivity index (χ4v) is 3.34. The molecule has 0 bridgehead atoms. The Labute approximate surface area is 127 Å². The molecule has 0 amide bonds. The average Bonchev–Trinajstić information content (AvgIpc) is 3.05. The second kappa shape index (κ2) is 7.55. The summed E-state index contributed by atoms with van der Waals surface area (Å²) in [5.74, 6) is 3.00. The van der Waals surface area contributed by atoms with E-state index < -0.39 is 0 Å². The molecule has 1 aliphatic carbocycles. The number of hydrogen-bond donors (Lipinski definition) is 1. The van der Waals surface area contributed by atoms with E-state index >= 15 is 0 Å². The number of nitrogens with one attached hydrogen (secondary N) is 1. The minimum atomic E-state index is 0.312. The van der Waals surface area contributed by atoms with Crippen LogP contribution in [0.4, 0.5) is 0 Å². The van der Waals surface area contributed by atoms with E-state index in [4.69, 9.17) is 14.2 Å². The van der Waals surface area contributed by atoms with Crippen molar-refractivity contribution in [2.24, 2.45) is 5.92 Å². The molecule has 1 fully saturated rings. The van der Waals surface area contributed by atoms with E-state index in [1.807, 2.05) is 6.07 Å². The van der Waals surface area contributed by atoms with E-state index in [0.717, 1.165) is 18.0 Å². The highest BCUT2D eigenvalue weighted by molar-refractivity contribution is 5.52. The summed E-state index contributed by atoms with van der Waals surface area (Å²) in [6.07, 6.45) is 5.19. The Bertz CT molecular complexity index is 456. The Morgan fingerprint density at radius 2 is 1.57 bits per heavy atom. The Kier molecular flexibility index (Phi) is 5.74. The molecule has 1 N–H and O–H groups in total. The number of hydrogen-bond acceptors (Lipinski definition) is 4. The van der Waals surface area contributed by atoms with Crippen LogP contribution in [0.2, 0.25) is 0 Å². The van der Waals surface area contributed by atoms with Crippen LogP contribution in [0.25, 0.3) is 0 Å². The average molecular weight is 293 g/mol. The fourth-order valence-electron chi connectivity index (χ4n) is 3.34. The summed E-state index contributed by atoms with van der Waals surface area (Å²) >= 11 is 0. The highest BCUT2D eigenvalue weighted by Crippen LogP contribution is 2.43. The van der Waals surface area contributed by atoms with Gasteiger partial charge in [0, 0.05) is 17.7 Å². The molecule has 1 aromatic carbocycles. The molecule has 1 saturated carbocycles. The molecule has 0 aromatic heterocycles. The van der Waals surface area contributed by atoms with Gasteiger partial charge in [0.05, 0.1) is 21.3 Å². The zero-order valence-corrected chi connectivity index (χ0v) is 13.6. The van der Waals surface area contributed by atoms with Crippen LogP contribution in [0.15, 0.2) is 12.1 Å². The number of methoxy groups -OCH3 is 3. The highest BCUT2D eigenvalue weighted by Gasteiger charge is 2.29. The number of ether oxygens (including phenoxy) is 3. The van der Waals surface area contributed by atoms with Gasteiger partial charge in [0.1, 0.15) is 5.75 Å². The first-order chi connectivity index (χ1) is 10.2. The predicted molar refractivity (Wildman–Crippen MR) is 84.5 cm³/mol. The predicted octanol–water partition coefficient (Wildman–Crippen LogP) is 3.55. The first-order valence-electron chi connectivity index (χ1n) is 7.78. The van der Waals surface area contributed by atoms with Gasteiger partial charge < -0.3 is 19.5 Å². The molecule has 0 saturated heterocycles. The van der Waals surface area contributed by atoms with E-state index in [9.17, 15) is 0 Å². The highest BCUT2D eigenvalue weighted by atomic mass is 16.5. The summed E-state index contributed by atoms with van der Waals surface area (Å²) in [4.78, 5) is 0. The van der Waals surface area contributed by atoms with Crippen LogP contribution in [-0.4, -0.2) is 27.9 Å². The SMILES string of the molecule is CCNC(c1cc(OC)c(OC)cc1OC)C1CCCC1. The van der Waals surface area contributed by atoms with Gasteiger partial charge in [0.25, 0.3) is 0 Å². The van der Waals surface area contributed by atoms with Gasteiger partial charge in [-0.25, -0.2) is 0 Å². The molecule has 118 valence electrons. The van der Waals surface area contributed by atoms with E-state index in [-0.39, 0.29) is 0 Å². The van der Waals surface area contributed by atoms with Gasteiger partial charge >= 0.3 is 0 Å². The van der Waals surface area contributed by atoms with Crippen molar-refractivity contribution in [3.05, 3.63) is 17.7 Å². The third-order valence-electron chi connectivity index (χ3n) is 4.37. The van der Waals surface area contributed by atoms with E-state index in [2.05, 4.69) is 18.3 Å². The monoisotopic (exact) mass is 293 g/mol. The van der Waals surface area contributed by atoms with Crippen molar-refractivity contribution in [2.45, 2.75) is 38.6 Å². The Morgan fingerprint density at radius 3 is 2.10 bits per heavy atom. The van der Waals surface area contributed by atoms with Crippen LogP contribution in [0.5, 0.6) is 17.2 Å².